The Hall–Kier alpha value is -1.84. The van der Waals surface area contributed by atoms with Crippen LogP contribution in [0.1, 0.15) is 29.5 Å². The van der Waals surface area contributed by atoms with Crippen LogP contribution in [-0.2, 0) is 13.0 Å². The van der Waals surface area contributed by atoms with Crippen LogP contribution in [0.15, 0.2) is 48.5 Å². The molecule has 3 heteroatoms. The van der Waals surface area contributed by atoms with Gasteiger partial charge < -0.3 is 9.84 Å². The molecule has 1 aliphatic heterocycles. The van der Waals surface area contributed by atoms with Crippen molar-refractivity contribution in [1.82, 2.24) is 4.90 Å². The first-order valence-corrected chi connectivity index (χ1v) is 9.15. The number of benzene rings is 2. The average molecular weight is 339 g/mol. The number of ether oxygens (including phenoxy) is 1. The summed E-state index contributed by atoms with van der Waals surface area (Å²) >= 11 is 0. The summed E-state index contributed by atoms with van der Waals surface area (Å²) in [5.74, 6) is 0.946. The van der Waals surface area contributed by atoms with Crippen molar-refractivity contribution in [3.8, 4) is 5.75 Å². The molecule has 25 heavy (non-hydrogen) atoms. The van der Waals surface area contributed by atoms with Crippen molar-refractivity contribution in [2.24, 2.45) is 5.41 Å². The van der Waals surface area contributed by atoms with Crippen LogP contribution in [0, 0.1) is 12.3 Å². The van der Waals surface area contributed by atoms with E-state index in [1.54, 1.807) is 7.11 Å². The van der Waals surface area contributed by atoms with Crippen LogP contribution in [0.25, 0.3) is 0 Å². The summed E-state index contributed by atoms with van der Waals surface area (Å²) in [6.07, 6.45) is 3.15. The molecule has 2 aromatic carbocycles. The molecule has 134 valence electrons. The highest BCUT2D eigenvalue weighted by Gasteiger charge is 2.35. The van der Waals surface area contributed by atoms with Gasteiger partial charge in [-0.15, -0.1) is 0 Å². The lowest BCUT2D eigenvalue weighted by atomic mass is 9.75. The van der Waals surface area contributed by atoms with Crippen LogP contribution in [0.5, 0.6) is 5.75 Å². The van der Waals surface area contributed by atoms with Crippen molar-refractivity contribution in [2.75, 3.05) is 26.8 Å². The largest absolute Gasteiger partial charge is 0.496 e. The van der Waals surface area contributed by atoms with Crippen molar-refractivity contribution in [1.29, 1.82) is 0 Å². The molecule has 1 heterocycles. The standard InChI is InChI=1S/C22H29NO2/c1-18-8-3-4-9-19(18)14-22(17-24)12-7-13-23(16-22)15-20-10-5-6-11-21(20)25-2/h3-6,8-11,24H,7,12-17H2,1-2H3/t22-/m1/s1. The molecule has 1 N–H and O–H groups in total. The molecule has 0 radical (unpaired) electrons. The summed E-state index contributed by atoms with van der Waals surface area (Å²) in [4.78, 5) is 2.47. The molecular weight excluding hydrogens is 310 g/mol. The van der Waals surface area contributed by atoms with Gasteiger partial charge in [0.05, 0.1) is 13.7 Å². The monoisotopic (exact) mass is 339 g/mol. The number of aryl methyl sites for hydroxylation is 1. The second-order valence-electron chi connectivity index (χ2n) is 7.39. The molecule has 0 spiro atoms. The Kier molecular flexibility index (Phi) is 5.77. The van der Waals surface area contributed by atoms with Gasteiger partial charge in [0.2, 0.25) is 0 Å². The van der Waals surface area contributed by atoms with Gasteiger partial charge in [0.1, 0.15) is 5.75 Å². The van der Waals surface area contributed by atoms with Crippen LogP contribution < -0.4 is 4.74 Å². The first kappa shape index (κ1) is 18.0. The fraction of sp³-hybridized carbons (Fsp3) is 0.455. The van der Waals surface area contributed by atoms with Gasteiger partial charge in [-0.1, -0.05) is 42.5 Å². The predicted molar refractivity (Wildman–Crippen MR) is 102 cm³/mol. The third-order valence-corrected chi connectivity index (χ3v) is 5.49. The van der Waals surface area contributed by atoms with E-state index in [0.717, 1.165) is 44.6 Å². The van der Waals surface area contributed by atoms with E-state index in [1.165, 1.54) is 16.7 Å². The molecular formula is C22H29NO2. The Bertz CT molecular complexity index is 700. The zero-order valence-corrected chi connectivity index (χ0v) is 15.4. The number of methoxy groups -OCH3 is 1. The minimum atomic E-state index is -0.0492. The third-order valence-electron chi connectivity index (χ3n) is 5.49. The van der Waals surface area contributed by atoms with E-state index in [2.05, 4.69) is 48.2 Å². The van der Waals surface area contributed by atoms with Gasteiger partial charge in [-0.2, -0.15) is 0 Å². The fourth-order valence-electron chi connectivity index (χ4n) is 4.06. The number of aliphatic hydroxyl groups is 1. The first-order chi connectivity index (χ1) is 12.2. The van der Waals surface area contributed by atoms with Crippen LogP contribution in [0.3, 0.4) is 0 Å². The van der Waals surface area contributed by atoms with E-state index < -0.39 is 0 Å². The van der Waals surface area contributed by atoms with E-state index in [1.807, 2.05) is 12.1 Å². The maximum absolute atomic E-state index is 10.2. The lowest BCUT2D eigenvalue weighted by Crippen LogP contribution is -2.46. The summed E-state index contributed by atoms with van der Waals surface area (Å²) in [5, 5.41) is 10.2. The molecule has 3 rings (SSSR count). The zero-order chi connectivity index (χ0) is 17.7. The molecule has 0 aliphatic carbocycles. The highest BCUT2D eigenvalue weighted by atomic mass is 16.5. The summed E-state index contributed by atoms with van der Waals surface area (Å²) in [5.41, 5.74) is 3.84. The van der Waals surface area contributed by atoms with Crippen molar-refractivity contribution in [3.05, 3.63) is 65.2 Å². The van der Waals surface area contributed by atoms with E-state index in [0.29, 0.717) is 0 Å². The number of likely N-dealkylation sites (tertiary alicyclic amines) is 1. The Morgan fingerprint density at radius 1 is 1.08 bits per heavy atom. The topological polar surface area (TPSA) is 32.7 Å². The van der Waals surface area contributed by atoms with Gasteiger partial charge in [-0.05, 0) is 49.9 Å². The van der Waals surface area contributed by atoms with Gasteiger partial charge in [0, 0.05) is 24.1 Å². The number of nitrogens with zero attached hydrogens (tertiary/aromatic N) is 1. The van der Waals surface area contributed by atoms with Gasteiger partial charge in [-0.3, -0.25) is 4.90 Å². The lowest BCUT2D eigenvalue weighted by Gasteiger charge is -2.42. The van der Waals surface area contributed by atoms with Crippen LogP contribution in [-0.4, -0.2) is 36.8 Å². The SMILES string of the molecule is COc1ccccc1CN1CCC[C@@](CO)(Cc2ccccc2C)C1. The average Bonchev–Trinajstić information content (AvgIpc) is 2.64. The Morgan fingerprint density at radius 2 is 1.80 bits per heavy atom. The van der Waals surface area contributed by atoms with Crippen LogP contribution in [0.2, 0.25) is 0 Å². The smallest absolute Gasteiger partial charge is 0.123 e. The second kappa shape index (κ2) is 8.03. The molecule has 0 saturated carbocycles. The maximum Gasteiger partial charge on any atom is 0.123 e. The van der Waals surface area contributed by atoms with Gasteiger partial charge in [0.15, 0.2) is 0 Å². The van der Waals surface area contributed by atoms with E-state index in [-0.39, 0.29) is 12.0 Å². The van der Waals surface area contributed by atoms with Crippen molar-refractivity contribution >= 4 is 0 Å². The van der Waals surface area contributed by atoms with Crippen molar-refractivity contribution in [2.45, 2.75) is 32.7 Å². The number of para-hydroxylation sites is 1. The van der Waals surface area contributed by atoms with E-state index >= 15 is 0 Å². The van der Waals surface area contributed by atoms with E-state index in [4.69, 9.17) is 4.74 Å². The number of hydrogen-bond acceptors (Lipinski definition) is 3. The molecule has 0 unspecified atom stereocenters. The molecule has 1 aliphatic rings. The highest BCUT2D eigenvalue weighted by Crippen LogP contribution is 2.35. The van der Waals surface area contributed by atoms with Crippen molar-refractivity contribution < 1.29 is 9.84 Å². The molecule has 0 aromatic heterocycles. The number of piperidine rings is 1. The minimum absolute atomic E-state index is 0.0492. The molecule has 1 saturated heterocycles. The summed E-state index contributed by atoms with van der Waals surface area (Å²) in [6, 6.07) is 16.8. The zero-order valence-electron chi connectivity index (χ0n) is 15.4. The Morgan fingerprint density at radius 3 is 2.52 bits per heavy atom. The number of aliphatic hydroxyl groups excluding tert-OH is 1. The maximum atomic E-state index is 10.2. The van der Waals surface area contributed by atoms with Crippen molar-refractivity contribution in [3.63, 3.8) is 0 Å². The summed E-state index contributed by atoms with van der Waals surface area (Å²) < 4.78 is 5.50. The first-order valence-electron chi connectivity index (χ1n) is 9.15. The lowest BCUT2D eigenvalue weighted by molar-refractivity contribution is 0.0285. The second-order valence-corrected chi connectivity index (χ2v) is 7.39. The Balaban J connectivity index is 1.75. The number of rotatable bonds is 6. The normalized spacial score (nSPS) is 21.2. The quantitative estimate of drug-likeness (QED) is 0.868. The minimum Gasteiger partial charge on any atom is -0.496 e. The molecule has 3 nitrogen and oxygen atoms in total. The van der Waals surface area contributed by atoms with Crippen LogP contribution in [0.4, 0.5) is 0 Å². The van der Waals surface area contributed by atoms with Gasteiger partial charge >= 0.3 is 0 Å². The highest BCUT2D eigenvalue weighted by molar-refractivity contribution is 5.33. The fourth-order valence-corrected chi connectivity index (χ4v) is 4.06. The van der Waals surface area contributed by atoms with E-state index in [9.17, 15) is 5.11 Å². The summed E-state index contributed by atoms with van der Waals surface area (Å²) in [7, 11) is 1.73. The molecule has 0 amide bonds. The molecule has 2 aromatic rings. The number of hydrogen-bond donors (Lipinski definition) is 1. The molecule has 1 atom stereocenters. The Labute approximate surface area is 151 Å². The van der Waals surface area contributed by atoms with Crippen LogP contribution >= 0.6 is 0 Å². The molecule has 0 bridgehead atoms. The third kappa shape index (κ3) is 4.23. The van der Waals surface area contributed by atoms with Gasteiger partial charge in [-0.25, -0.2) is 0 Å². The summed E-state index contributed by atoms with van der Waals surface area (Å²) in [6.45, 7) is 5.28. The predicted octanol–water partition coefficient (Wildman–Crippen LogP) is 3.82. The molecule has 1 fully saturated rings. The van der Waals surface area contributed by atoms with Gasteiger partial charge in [0.25, 0.3) is 0 Å².